The lowest BCUT2D eigenvalue weighted by Gasteiger charge is -2.33. The van der Waals surface area contributed by atoms with Gasteiger partial charge in [0.15, 0.2) is 6.29 Å². The third-order valence-corrected chi connectivity index (χ3v) is 5.43. The predicted octanol–water partition coefficient (Wildman–Crippen LogP) is 3.27. The van der Waals surface area contributed by atoms with E-state index in [2.05, 4.69) is 6.58 Å². The van der Waals surface area contributed by atoms with Crippen LogP contribution in [0.1, 0.15) is 57.8 Å². The zero-order valence-electron chi connectivity index (χ0n) is 14.9. The van der Waals surface area contributed by atoms with Gasteiger partial charge in [-0.25, -0.2) is 0 Å². The highest BCUT2D eigenvalue weighted by molar-refractivity contribution is 5.70. The topological polar surface area (TPSA) is 65.0 Å². The van der Waals surface area contributed by atoms with Crippen LogP contribution in [-0.2, 0) is 19.0 Å². The molecule has 25 heavy (non-hydrogen) atoms. The number of aliphatic hydroxyl groups is 1. The smallest absolute Gasteiger partial charge is 0.306 e. The first kappa shape index (κ1) is 18.6. The number of esters is 1. The van der Waals surface area contributed by atoms with Gasteiger partial charge >= 0.3 is 5.97 Å². The molecule has 2 fully saturated rings. The van der Waals surface area contributed by atoms with E-state index >= 15 is 0 Å². The molecule has 0 aromatic rings. The molecule has 1 aliphatic carbocycles. The van der Waals surface area contributed by atoms with E-state index in [1.165, 1.54) is 0 Å². The normalized spacial score (nSPS) is 38.5. The van der Waals surface area contributed by atoms with Crippen molar-refractivity contribution < 1.29 is 24.1 Å². The van der Waals surface area contributed by atoms with Crippen molar-refractivity contribution in [3.63, 3.8) is 0 Å². The Balaban J connectivity index is 1.74. The minimum atomic E-state index is -0.559. The van der Waals surface area contributed by atoms with E-state index in [4.69, 9.17) is 14.2 Å². The average molecular weight is 350 g/mol. The molecule has 2 heterocycles. The molecule has 0 aromatic heterocycles. The maximum absolute atomic E-state index is 12.2. The molecule has 140 valence electrons. The van der Waals surface area contributed by atoms with Gasteiger partial charge in [-0.15, -0.1) is 6.58 Å². The summed E-state index contributed by atoms with van der Waals surface area (Å²) in [5.74, 6) is -0.350. The van der Waals surface area contributed by atoms with Gasteiger partial charge in [-0.3, -0.25) is 4.79 Å². The van der Waals surface area contributed by atoms with Crippen molar-refractivity contribution in [3.8, 4) is 0 Å². The summed E-state index contributed by atoms with van der Waals surface area (Å²) >= 11 is 0. The van der Waals surface area contributed by atoms with E-state index in [1.807, 2.05) is 18.2 Å². The quantitative estimate of drug-likeness (QED) is 0.452. The zero-order valence-corrected chi connectivity index (χ0v) is 14.9. The number of hydrogen-bond donors (Lipinski definition) is 1. The summed E-state index contributed by atoms with van der Waals surface area (Å²) in [7, 11) is 0. The lowest BCUT2D eigenvalue weighted by molar-refractivity contribution is -0.211. The summed E-state index contributed by atoms with van der Waals surface area (Å²) in [5, 5.41) is 10.4. The van der Waals surface area contributed by atoms with E-state index in [0.29, 0.717) is 12.8 Å². The van der Waals surface area contributed by atoms with Crippen molar-refractivity contribution in [1.29, 1.82) is 0 Å². The number of aliphatic hydroxyl groups excluding tert-OH is 1. The van der Waals surface area contributed by atoms with Crippen LogP contribution in [0.5, 0.6) is 0 Å². The average Bonchev–Trinajstić information content (AvgIpc) is 2.91. The molecule has 1 saturated heterocycles. The van der Waals surface area contributed by atoms with Gasteiger partial charge in [-0.1, -0.05) is 12.2 Å². The molecule has 0 radical (unpaired) electrons. The second-order valence-electron chi connectivity index (χ2n) is 7.53. The van der Waals surface area contributed by atoms with Gasteiger partial charge in [0.25, 0.3) is 0 Å². The largest absolute Gasteiger partial charge is 0.458 e. The minimum absolute atomic E-state index is 0.118. The highest BCUT2D eigenvalue weighted by atomic mass is 16.7. The van der Waals surface area contributed by atoms with Gasteiger partial charge in [-0.2, -0.15) is 0 Å². The number of carbonyl (C=O) groups is 1. The Labute approximate surface area is 150 Å². The van der Waals surface area contributed by atoms with Crippen LogP contribution in [0.15, 0.2) is 24.8 Å². The second kappa shape index (κ2) is 8.47. The standard InChI is InChI=1S/C20H30O5/c1-2-3-4-7-16-9-10-20(25-19-8-5-6-11-23-19)13-15(17(21)14-20)12-18(22)24-16/h2,9-10,15-17,19,21H,1,3-8,11-14H2/t15-,16?,17-,19+,20-/m1/s1. The van der Waals surface area contributed by atoms with Crippen LogP contribution in [0, 0.1) is 5.92 Å². The molecule has 1 unspecified atom stereocenters. The van der Waals surface area contributed by atoms with E-state index in [1.54, 1.807) is 0 Å². The highest BCUT2D eigenvalue weighted by Crippen LogP contribution is 2.43. The van der Waals surface area contributed by atoms with Crippen LogP contribution in [0.2, 0.25) is 0 Å². The Bertz CT molecular complexity index is 496. The van der Waals surface area contributed by atoms with Gasteiger partial charge in [0.05, 0.1) is 18.1 Å². The maximum Gasteiger partial charge on any atom is 0.306 e. The molecule has 5 atom stereocenters. The number of carbonyl (C=O) groups excluding carboxylic acids is 1. The third kappa shape index (κ3) is 4.93. The molecule has 1 saturated carbocycles. The van der Waals surface area contributed by atoms with Gasteiger partial charge in [-0.05, 0) is 56.9 Å². The van der Waals surface area contributed by atoms with Crippen molar-refractivity contribution in [2.45, 2.75) is 81.9 Å². The van der Waals surface area contributed by atoms with Crippen molar-refractivity contribution in [1.82, 2.24) is 0 Å². The summed E-state index contributed by atoms with van der Waals surface area (Å²) < 4.78 is 17.7. The van der Waals surface area contributed by atoms with E-state index in [9.17, 15) is 9.90 Å². The lowest BCUT2D eigenvalue weighted by atomic mass is 9.96. The first-order chi connectivity index (χ1) is 12.1. The van der Waals surface area contributed by atoms with E-state index < -0.39 is 11.7 Å². The number of rotatable bonds is 6. The van der Waals surface area contributed by atoms with Gasteiger partial charge in [0.2, 0.25) is 0 Å². The minimum Gasteiger partial charge on any atom is -0.458 e. The van der Waals surface area contributed by atoms with Crippen LogP contribution in [0.3, 0.4) is 0 Å². The van der Waals surface area contributed by atoms with Crippen molar-refractivity contribution in [2.24, 2.45) is 5.92 Å². The molecular weight excluding hydrogens is 320 g/mol. The van der Waals surface area contributed by atoms with Crippen LogP contribution >= 0.6 is 0 Å². The molecule has 0 amide bonds. The third-order valence-electron chi connectivity index (χ3n) is 5.43. The second-order valence-corrected chi connectivity index (χ2v) is 7.53. The summed E-state index contributed by atoms with van der Waals surface area (Å²) in [5.41, 5.74) is -0.559. The molecule has 2 bridgehead atoms. The molecule has 3 aliphatic rings. The van der Waals surface area contributed by atoms with Crippen molar-refractivity contribution in [2.75, 3.05) is 6.61 Å². The number of unbranched alkanes of at least 4 members (excludes halogenated alkanes) is 1. The summed E-state index contributed by atoms with van der Waals surface area (Å²) in [6.45, 7) is 4.46. The number of hydrogen-bond acceptors (Lipinski definition) is 5. The predicted molar refractivity (Wildman–Crippen MR) is 93.8 cm³/mol. The van der Waals surface area contributed by atoms with Gasteiger partial charge < -0.3 is 19.3 Å². The number of fused-ring (bicyclic) bond motifs is 2. The van der Waals surface area contributed by atoms with E-state index in [0.717, 1.165) is 45.1 Å². The Kier molecular flexibility index (Phi) is 6.31. The Hall–Kier alpha value is -1.17. The van der Waals surface area contributed by atoms with Crippen molar-refractivity contribution >= 4 is 5.97 Å². The lowest BCUT2D eigenvalue weighted by Crippen LogP contribution is -2.36. The van der Waals surface area contributed by atoms with Crippen molar-refractivity contribution in [3.05, 3.63) is 24.8 Å². The Morgan fingerprint density at radius 2 is 2.28 bits per heavy atom. The fourth-order valence-corrected chi connectivity index (χ4v) is 4.10. The highest BCUT2D eigenvalue weighted by Gasteiger charge is 2.47. The molecular formula is C20H30O5. The van der Waals surface area contributed by atoms with Crippen LogP contribution in [0.4, 0.5) is 0 Å². The molecule has 1 N–H and O–H groups in total. The monoisotopic (exact) mass is 350 g/mol. The maximum atomic E-state index is 12.2. The summed E-state index contributed by atoms with van der Waals surface area (Å²) in [6.07, 6.45) is 11.9. The fraction of sp³-hybridized carbons (Fsp3) is 0.750. The zero-order chi connectivity index (χ0) is 17.7. The Morgan fingerprint density at radius 3 is 3.04 bits per heavy atom. The summed E-state index contributed by atoms with van der Waals surface area (Å²) in [6, 6.07) is 0. The first-order valence-corrected chi connectivity index (χ1v) is 9.57. The van der Waals surface area contributed by atoms with Crippen LogP contribution < -0.4 is 0 Å². The van der Waals surface area contributed by atoms with E-state index in [-0.39, 0.29) is 30.7 Å². The molecule has 0 spiro atoms. The molecule has 3 rings (SSSR count). The fourth-order valence-electron chi connectivity index (χ4n) is 4.10. The number of cyclic esters (lactones) is 1. The summed E-state index contributed by atoms with van der Waals surface area (Å²) in [4.78, 5) is 12.2. The molecule has 5 nitrogen and oxygen atoms in total. The molecule has 2 aliphatic heterocycles. The SMILES string of the molecule is C=CCCCC1C=C[C@@]2(O[C@H]3CCCCO3)C[C@@H](CC(=O)O1)[C@H](O)C2. The van der Waals surface area contributed by atoms with Crippen LogP contribution in [-0.4, -0.2) is 41.8 Å². The molecule has 5 heteroatoms. The number of ether oxygens (including phenoxy) is 3. The molecule has 0 aromatic carbocycles. The first-order valence-electron chi connectivity index (χ1n) is 9.57. The van der Waals surface area contributed by atoms with Crippen LogP contribution in [0.25, 0.3) is 0 Å². The number of allylic oxidation sites excluding steroid dienone is 1. The Morgan fingerprint density at radius 1 is 1.40 bits per heavy atom. The van der Waals surface area contributed by atoms with Gasteiger partial charge in [0.1, 0.15) is 6.10 Å². The van der Waals surface area contributed by atoms with Gasteiger partial charge in [0, 0.05) is 13.0 Å².